The van der Waals surface area contributed by atoms with Crippen molar-refractivity contribution in [2.75, 3.05) is 5.32 Å². The van der Waals surface area contributed by atoms with Crippen molar-refractivity contribution in [3.63, 3.8) is 0 Å². The molecule has 1 aromatic heterocycles. The number of hydrogen-bond donors (Lipinski definition) is 3. The number of thiophene rings is 1. The maximum atomic E-state index is 14.4. The topological polar surface area (TPSA) is 101 Å². The molecule has 198 valence electrons. The van der Waals surface area contributed by atoms with Crippen molar-refractivity contribution in [1.29, 1.82) is 10.8 Å². The molecule has 0 atom stereocenters. The van der Waals surface area contributed by atoms with Gasteiger partial charge in [0.1, 0.15) is 15.6 Å². The number of rotatable bonds is 7. The number of hydrogen-bond acceptors (Lipinski definition) is 6. The van der Waals surface area contributed by atoms with Gasteiger partial charge >= 0.3 is 18.0 Å². The van der Waals surface area contributed by atoms with Crippen LogP contribution in [0, 0.1) is 16.9 Å². The van der Waals surface area contributed by atoms with Crippen molar-refractivity contribution in [3.05, 3.63) is 54.8 Å². The lowest BCUT2D eigenvalue weighted by Gasteiger charge is -2.30. The molecular weight excluding hydrogens is 598 g/mol. The second-order valence-corrected chi connectivity index (χ2v) is 10.2. The van der Waals surface area contributed by atoms with Crippen LogP contribution in [-0.2, 0) is 5.67 Å². The lowest BCUT2D eigenvalue weighted by atomic mass is 9.94. The fourth-order valence-electron chi connectivity index (χ4n) is 3.02. The summed E-state index contributed by atoms with van der Waals surface area (Å²) in [6.07, 6.45) is -10.8. The number of carbonyl (C=O) groups is 1. The van der Waals surface area contributed by atoms with Gasteiger partial charge in [-0.1, -0.05) is 34.8 Å². The summed E-state index contributed by atoms with van der Waals surface area (Å²) in [6, 6.07) is 3.48. The Labute approximate surface area is 222 Å². The number of amides is 1. The molecule has 3 N–H and O–H groups in total. The van der Waals surface area contributed by atoms with E-state index in [9.17, 15) is 35.5 Å². The molecule has 1 heterocycles. The number of anilines is 1. The van der Waals surface area contributed by atoms with Gasteiger partial charge in [0, 0.05) is 11.8 Å². The van der Waals surface area contributed by atoms with Crippen LogP contribution in [0.3, 0.4) is 0 Å². The number of nitriles is 1. The Balaban J connectivity index is 1.91. The zero-order valence-corrected chi connectivity index (χ0v) is 20.8. The Morgan fingerprint density at radius 3 is 2.05 bits per heavy atom. The van der Waals surface area contributed by atoms with Gasteiger partial charge < -0.3 is 10.6 Å². The highest BCUT2D eigenvalue weighted by Crippen LogP contribution is 2.54. The summed E-state index contributed by atoms with van der Waals surface area (Å²) in [5, 5.41) is 15.7. The first kappa shape index (κ1) is 29.0. The Hall–Kier alpha value is -2.60. The molecule has 17 heteroatoms. The molecule has 2 aromatic rings. The number of halogens is 10. The molecular formula is C20H11Cl3F7N5OS. The van der Waals surface area contributed by atoms with Crippen molar-refractivity contribution in [3.8, 4) is 6.07 Å². The maximum Gasteiger partial charge on any atom is 0.435 e. The first-order valence-electron chi connectivity index (χ1n) is 9.69. The first-order chi connectivity index (χ1) is 17.0. The fourth-order valence-corrected chi connectivity index (χ4v) is 4.85. The second kappa shape index (κ2) is 9.94. The van der Waals surface area contributed by atoms with Crippen LogP contribution >= 0.6 is 46.1 Å². The van der Waals surface area contributed by atoms with E-state index in [1.807, 2.05) is 6.07 Å². The van der Waals surface area contributed by atoms with Crippen molar-refractivity contribution in [2.24, 2.45) is 5.11 Å². The standard InChI is InChI=1S/C20H11Cl3F7N5OS/c21-10-3-8(18(24,19(25,26)27)20(28,29)30)4-11(22)14(10)33-6-12(35-32)13-5-9(15(23)37-13)16(36)34-17(7-31)1-2-17/h3-6,32-33H,1-2H2,(H,34,36)/b12-6-,35-32?. The molecule has 1 fully saturated rings. The van der Waals surface area contributed by atoms with Crippen molar-refractivity contribution >= 4 is 63.4 Å². The van der Waals surface area contributed by atoms with Crippen LogP contribution in [0.15, 0.2) is 29.5 Å². The third-order valence-electron chi connectivity index (χ3n) is 5.20. The van der Waals surface area contributed by atoms with Crippen LogP contribution in [0.5, 0.6) is 0 Å². The lowest BCUT2D eigenvalue weighted by Crippen LogP contribution is -2.50. The molecule has 1 saturated carbocycles. The first-order valence-corrected chi connectivity index (χ1v) is 11.6. The summed E-state index contributed by atoms with van der Waals surface area (Å²) in [5.41, 5.74) is -1.84. The third kappa shape index (κ3) is 5.50. The molecule has 1 aliphatic rings. The second-order valence-electron chi connectivity index (χ2n) is 7.70. The van der Waals surface area contributed by atoms with Crippen molar-refractivity contribution in [2.45, 2.75) is 36.4 Å². The molecule has 0 unspecified atom stereocenters. The van der Waals surface area contributed by atoms with E-state index < -0.39 is 50.8 Å². The highest BCUT2D eigenvalue weighted by Gasteiger charge is 2.73. The minimum absolute atomic E-state index is 0.00482. The fraction of sp³-hybridized carbons (Fsp3) is 0.300. The van der Waals surface area contributed by atoms with Crippen LogP contribution in [0.4, 0.5) is 36.4 Å². The summed E-state index contributed by atoms with van der Waals surface area (Å²) in [4.78, 5) is 12.6. The minimum Gasteiger partial charge on any atom is -0.357 e. The smallest absolute Gasteiger partial charge is 0.357 e. The van der Waals surface area contributed by atoms with Crippen molar-refractivity contribution < 1.29 is 35.5 Å². The van der Waals surface area contributed by atoms with Gasteiger partial charge in [0.2, 0.25) is 0 Å². The van der Waals surface area contributed by atoms with E-state index in [0.29, 0.717) is 12.8 Å². The maximum absolute atomic E-state index is 14.4. The predicted molar refractivity (Wildman–Crippen MR) is 122 cm³/mol. The normalized spacial score (nSPS) is 15.6. The quantitative estimate of drug-likeness (QED) is 0.218. The molecule has 1 amide bonds. The zero-order valence-electron chi connectivity index (χ0n) is 17.7. The molecule has 0 saturated heterocycles. The molecule has 0 radical (unpaired) electrons. The lowest BCUT2D eigenvalue weighted by molar-refractivity contribution is -0.348. The molecule has 3 rings (SSSR count). The van der Waals surface area contributed by atoms with Crippen LogP contribution in [0.1, 0.15) is 33.6 Å². The summed E-state index contributed by atoms with van der Waals surface area (Å²) in [5.74, 6) is -0.644. The molecule has 0 spiro atoms. The Kier molecular flexibility index (Phi) is 7.78. The third-order valence-corrected chi connectivity index (χ3v) is 7.17. The largest absolute Gasteiger partial charge is 0.435 e. The van der Waals surface area contributed by atoms with Crippen LogP contribution < -0.4 is 10.6 Å². The van der Waals surface area contributed by atoms with E-state index in [2.05, 4.69) is 15.7 Å². The number of nitrogens with zero attached hydrogens (tertiary/aromatic N) is 2. The highest BCUT2D eigenvalue weighted by atomic mass is 35.5. The number of alkyl halides is 7. The Morgan fingerprint density at radius 1 is 1.08 bits per heavy atom. The zero-order chi connectivity index (χ0) is 28.0. The molecule has 0 aliphatic heterocycles. The summed E-state index contributed by atoms with van der Waals surface area (Å²) in [7, 11) is 0. The molecule has 0 bridgehead atoms. The molecule has 37 heavy (non-hydrogen) atoms. The number of nitrogens with one attached hydrogen (secondary N) is 3. The monoisotopic (exact) mass is 607 g/mol. The SMILES string of the molecule is N#CC1(NC(=O)c2cc(/C(=C/Nc3c(Cl)cc(C(F)(C(F)(F)F)C(F)(F)F)cc3Cl)N=N)sc2Cl)CC1. The van der Waals surface area contributed by atoms with Gasteiger partial charge in [-0.25, -0.2) is 9.92 Å². The van der Waals surface area contributed by atoms with Crippen LogP contribution in [0.25, 0.3) is 5.70 Å². The Morgan fingerprint density at radius 2 is 1.62 bits per heavy atom. The average molecular weight is 609 g/mol. The molecule has 1 aromatic carbocycles. The van der Waals surface area contributed by atoms with E-state index in [0.717, 1.165) is 17.5 Å². The number of carbonyl (C=O) groups excluding carboxylic acids is 1. The summed E-state index contributed by atoms with van der Waals surface area (Å²) < 4.78 is 92.6. The van der Waals surface area contributed by atoms with Gasteiger partial charge in [0.05, 0.1) is 32.2 Å². The van der Waals surface area contributed by atoms with E-state index in [1.54, 1.807) is 0 Å². The van der Waals surface area contributed by atoms with Gasteiger partial charge in [-0.05, 0) is 31.0 Å². The predicted octanol–water partition coefficient (Wildman–Crippen LogP) is 8.23. The van der Waals surface area contributed by atoms with Gasteiger partial charge in [-0.15, -0.1) is 11.3 Å². The average Bonchev–Trinajstić information content (AvgIpc) is 3.45. The van der Waals surface area contributed by atoms with E-state index in [-0.39, 0.29) is 32.6 Å². The van der Waals surface area contributed by atoms with E-state index in [1.165, 1.54) is 6.07 Å². The van der Waals surface area contributed by atoms with Gasteiger partial charge in [0.15, 0.2) is 0 Å². The van der Waals surface area contributed by atoms with E-state index >= 15 is 0 Å². The highest BCUT2D eigenvalue weighted by molar-refractivity contribution is 7.17. The van der Waals surface area contributed by atoms with Gasteiger partial charge in [-0.2, -0.15) is 36.7 Å². The summed E-state index contributed by atoms with van der Waals surface area (Å²) in [6.45, 7) is 0. The minimum atomic E-state index is -6.36. The summed E-state index contributed by atoms with van der Waals surface area (Å²) >= 11 is 18.5. The molecule has 6 nitrogen and oxygen atoms in total. The van der Waals surface area contributed by atoms with Gasteiger partial charge in [-0.3, -0.25) is 4.79 Å². The van der Waals surface area contributed by atoms with E-state index in [4.69, 9.17) is 45.6 Å². The van der Waals surface area contributed by atoms with Crippen LogP contribution in [-0.4, -0.2) is 23.8 Å². The van der Waals surface area contributed by atoms with Crippen molar-refractivity contribution in [1.82, 2.24) is 5.32 Å². The molecule has 1 aliphatic carbocycles. The van der Waals surface area contributed by atoms with Gasteiger partial charge in [0.25, 0.3) is 5.91 Å². The number of benzene rings is 1. The van der Waals surface area contributed by atoms with Crippen LogP contribution in [0.2, 0.25) is 14.4 Å². The Bertz CT molecular complexity index is 1290.